The molecule has 0 bridgehead atoms. The standard InChI is InChI=1S/C31H52O25/c1-45-26-21(40)15(34)9(3-47-26)53-28-23(42)17(36)11(5-49-28)55-30-25(44)19(38)13(7-51-30)56-31-24(43)18(37)12(6-50-31)54-29-22(41)16(35)10(4-48-29)52-27-20(39)14(33)8(32)2-46-27/h8-44H,2-7H2,1H3. The Morgan fingerprint density at radius 3 is 0.768 bits per heavy atom. The summed E-state index contributed by atoms with van der Waals surface area (Å²) in [5, 5.41) is 136. The number of aliphatic hydroxyl groups excluding tert-OH is 13. The third-order valence-corrected chi connectivity index (χ3v) is 10.4. The minimum absolute atomic E-state index is 0.229. The number of aliphatic hydroxyl groups is 13. The van der Waals surface area contributed by atoms with Gasteiger partial charge >= 0.3 is 0 Å². The second-order valence-electron chi connectivity index (χ2n) is 14.3. The highest BCUT2D eigenvalue weighted by Gasteiger charge is 2.51. The van der Waals surface area contributed by atoms with Crippen LogP contribution in [0.5, 0.6) is 0 Å². The van der Waals surface area contributed by atoms with E-state index in [1.54, 1.807) is 0 Å². The summed E-state index contributed by atoms with van der Waals surface area (Å²) in [5.41, 5.74) is 0. The van der Waals surface area contributed by atoms with Crippen LogP contribution in [0, 0.1) is 0 Å². The maximum Gasteiger partial charge on any atom is 0.186 e. The predicted octanol–water partition coefficient (Wildman–Crippen LogP) is -9.61. The van der Waals surface area contributed by atoms with Gasteiger partial charge in [-0.2, -0.15) is 0 Å². The van der Waals surface area contributed by atoms with E-state index in [0.717, 1.165) is 0 Å². The zero-order valence-corrected chi connectivity index (χ0v) is 29.8. The molecule has 0 amide bonds. The quantitative estimate of drug-likeness (QED) is 0.0920. The Balaban J connectivity index is 0.934. The molecule has 6 aliphatic heterocycles. The second kappa shape index (κ2) is 19.1. The molecule has 6 heterocycles. The van der Waals surface area contributed by atoms with E-state index in [9.17, 15) is 66.4 Å². The van der Waals surface area contributed by atoms with Crippen LogP contribution in [0.15, 0.2) is 0 Å². The Labute approximate surface area is 317 Å². The fourth-order valence-electron chi connectivity index (χ4n) is 6.88. The van der Waals surface area contributed by atoms with Crippen LogP contribution in [-0.4, -0.2) is 261 Å². The normalized spacial score (nSPS) is 53.5. The molecule has 0 aromatic carbocycles. The highest BCUT2D eigenvalue weighted by molar-refractivity contribution is 4.93. The van der Waals surface area contributed by atoms with Gasteiger partial charge in [-0.05, 0) is 0 Å². The number of ether oxygens (including phenoxy) is 12. The Morgan fingerprint density at radius 2 is 0.500 bits per heavy atom. The predicted molar refractivity (Wildman–Crippen MR) is 168 cm³/mol. The van der Waals surface area contributed by atoms with Crippen molar-refractivity contribution in [3.8, 4) is 0 Å². The summed E-state index contributed by atoms with van der Waals surface area (Å²) in [7, 11) is 1.27. The van der Waals surface area contributed by atoms with Crippen molar-refractivity contribution in [2.45, 2.75) is 148 Å². The van der Waals surface area contributed by atoms with E-state index in [4.69, 9.17) is 56.8 Å². The first-order valence-electron chi connectivity index (χ1n) is 18.0. The molecule has 0 spiro atoms. The summed E-state index contributed by atoms with van der Waals surface area (Å²) in [4.78, 5) is 0. The number of hydrogen-bond donors (Lipinski definition) is 13. The molecule has 6 rings (SSSR count). The second-order valence-corrected chi connectivity index (χ2v) is 14.3. The van der Waals surface area contributed by atoms with Gasteiger partial charge in [0.2, 0.25) is 0 Å². The van der Waals surface area contributed by atoms with Gasteiger partial charge in [0.1, 0.15) is 110 Å². The fraction of sp³-hybridized carbons (Fsp3) is 1.00. The van der Waals surface area contributed by atoms with E-state index < -0.39 is 174 Å². The first-order valence-corrected chi connectivity index (χ1v) is 18.0. The smallest absolute Gasteiger partial charge is 0.186 e. The summed E-state index contributed by atoms with van der Waals surface area (Å²) < 4.78 is 65.0. The molecule has 25 nitrogen and oxygen atoms in total. The van der Waals surface area contributed by atoms with Crippen molar-refractivity contribution in [1.82, 2.24) is 0 Å². The van der Waals surface area contributed by atoms with Crippen molar-refractivity contribution >= 4 is 0 Å². The van der Waals surface area contributed by atoms with Gasteiger partial charge in [-0.25, -0.2) is 0 Å². The molecule has 24 atom stereocenters. The Kier molecular flexibility index (Phi) is 15.2. The summed E-state index contributed by atoms with van der Waals surface area (Å²) in [6.07, 6.45) is -36.7. The highest BCUT2D eigenvalue weighted by atomic mass is 16.8. The van der Waals surface area contributed by atoms with Crippen molar-refractivity contribution in [2.24, 2.45) is 0 Å². The van der Waals surface area contributed by atoms with Crippen LogP contribution in [0.3, 0.4) is 0 Å². The average Bonchev–Trinajstić information content (AvgIpc) is 3.18. The lowest BCUT2D eigenvalue weighted by molar-refractivity contribution is -0.365. The zero-order chi connectivity index (χ0) is 40.6. The first-order chi connectivity index (χ1) is 26.6. The third-order valence-electron chi connectivity index (χ3n) is 10.4. The van der Waals surface area contributed by atoms with Crippen LogP contribution < -0.4 is 0 Å². The van der Waals surface area contributed by atoms with Crippen LogP contribution in [0.4, 0.5) is 0 Å². The van der Waals surface area contributed by atoms with Crippen molar-refractivity contribution < 1.29 is 123 Å². The molecule has 0 aromatic heterocycles. The Morgan fingerprint density at radius 1 is 0.286 bits per heavy atom. The first kappa shape index (κ1) is 44.5. The van der Waals surface area contributed by atoms with Crippen LogP contribution in [0.25, 0.3) is 0 Å². The average molecular weight is 825 g/mol. The lowest BCUT2D eigenvalue weighted by Crippen LogP contribution is -2.63. The van der Waals surface area contributed by atoms with Crippen molar-refractivity contribution in [2.75, 3.05) is 46.8 Å². The maximum atomic E-state index is 10.8. The van der Waals surface area contributed by atoms with Crippen molar-refractivity contribution in [3.05, 3.63) is 0 Å². The van der Waals surface area contributed by atoms with Gasteiger partial charge in [0.05, 0.1) is 39.6 Å². The number of methoxy groups -OCH3 is 1. The molecule has 0 aromatic rings. The van der Waals surface area contributed by atoms with Gasteiger partial charge in [-0.3, -0.25) is 0 Å². The van der Waals surface area contributed by atoms with Crippen LogP contribution in [-0.2, 0) is 56.8 Å². The maximum absolute atomic E-state index is 10.8. The van der Waals surface area contributed by atoms with E-state index in [0.29, 0.717) is 0 Å². The van der Waals surface area contributed by atoms with E-state index >= 15 is 0 Å². The third kappa shape index (κ3) is 9.47. The molecular weight excluding hydrogens is 772 g/mol. The highest BCUT2D eigenvalue weighted by Crippen LogP contribution is 2.31. The SMILES string of the molecule is COC1OCC(OC2OCC(OC3OCC(OC4OCC(OC5OCC(OC6OCC(O)C(O)C6O)C(O)C5O)C(O)C4O)C(O)C3O)C(O)C2O)C(O)C1O. The molecule has 13 N–H and O–H groups in total. The van der Waals surface area contributed by atoms with Crippen molar-refractivity contribution in [3.63, 3.8) is 0 Å². The topological polar surface area (TPSA) is 374 Å². The van der Waals surface area contributed by atoms with E-state index in [1.807, 2.05) is 0 Å². The summed E-state index contributed by atoms with van der Waals surface area (Å²) >= 11 is 0. The van der Waals surface area contributed by atoms with Gasteiger partial charge in [0.25, 0.3) is 0 Å². The monoisotopic (exact) mass is 824 g/mol. The largest absolute Gasteiger partial charge is 0.388 e. The molecule has 0 radical (unpaired) electrons. The number of rotatable bonds is 11. The van der Waals surface area contributed by atoms with Crippen molar-refractivity contribution in [1.29, 1.82) is 0 Å². The number of hydrogen-bond acceptors (Lipinski definition) is 25. The molecule has 6 aliphatic rings. The van der Waals surface area contributed by atoms with Gasteiger partial charge < -0.3 is 123 Å². The summed E-state index contributed by atoms with van der Waals surface area (Å²) in [5.74, 6) is 0. The van der Waals surface area contributed by atoms with Gasteiger partial charge in [-0.15, -0.1) is 0 Å². The minimum Gasteiger partial charge on any atom is -0.388 e. The van der Waals surface area contributed by atoms with Gasteiger partial charge in [-0.1, -0.05) is 0 Å². The minimum atomic E-state index is -1.82. The summed E-state index contributed by atoms with van der Waals surface area (Å²) in [6, 6.07) is 0. The zero-order valence-electron chi connectivity index (χ0n) is 29.8. The Hall–Kier alpha value is -1.00. The van der Waals surface area contributed by atoms with Gasteiger partial charge in [0, 0.05) is 7.11 Å². The summed E-state index contributed by atoms with van der Waals surface area (Å²) in [6.45, 7) is -2.33. The molecule has 56 heavy (non-hydrogen) atoms. The lowest BCUT2D eigenvalue weighted by atomic mass is 10.0. The van der Waals surface area contributed by atoms with E-state index in [1.165, 1.54) is 7.11 Å². The molecule has 0 saturated carbocycles. The molecule has 6 saturated heterocycles. The lowest BCUT2D eigenvalue weighted by Gasteiger charge is -2.45. The van der Waals surface area contributed by atoms with E-state index in [-0.39, 0.29) is 13.2 Å². The van der Waals surface area contributed by atoms with Gasteiger partial charge in [0.15, 0.2) is 37.7 Å². The van der Waals surface area contributed by atoms with Crippen LogP contribution in [0.2, 0.25) is 0 Å². The van der Waals surface area contributed by atoms with Crippen LogP contribution in [0.1, 0.15) is 0 Å². The van der Waals surface area contributed by atoms with E-state index in [2.05, 4.69) is 0 Å². The molecule has 24 unspecified atom stereocenters. The fourth-order valence-corrected chi connectivity index (χ4v) is 6.88. The molecular formula is C31H52O25. The Bertz CT molecular complexity index is 1220. The molecule has 25 heteroatoms. The van der Waals surface area contributed by atoms with Crippen LogP contribution >= 0.6 is 0 Å². The molecule has 6 fully saturated rings. The molecule has 0 aliphatic carbocycles. The molecule has 326 valence electrons.